The number of aryl methyl sites for hydroxylation is 1. The van der Waals surface area contributed by atoms with Crippen LogP contribution in [-0.4, -0.2) is 22.0 Å². The Labute approximate surface area is 223 Å². The van der Waals surface area contributed by atoms with Gasteiger partial charge in [0.1, 0.15) is 0 Å². The number of aromatic amines is 1. The lowest BCUT2D eigenvalue weighted by Gasteiger charge is -2.11. The molecule has 0 spiro atoms. The Kier molecular flexibility index (Phi) is 12.6. The number of hydrogen-bond acceptors (Lipinski definition) is 5. The molecule has 1 N–H and O–H groups in total. The van der Waals surface area contributed by atoms with Crippen molar-refractivity contribution in [2.45, 2.75) is 45.1 Å². The number of ketones is 1. The van der Waals surface area contributed by atoms with Gasteiger partial charge in [-0.25, -0.2) is 9.87 Å². The van der Waals surface area contributed by atoms with Gasteiger partial charge in [0.25, 0.3) is 0 Å². The van der Waals surface area contributed by atoms with Crippen molar-refractivity contribution >= 4 is 35.1 Å². The molecule has 0 radical (unpaired) electrons. The van der Waals surface area contributed by atoms with Gasteiger partial charge in [0.05, 0.1) is 7.11 Å². The van der Waals surface area contributed by atoms with Gasteiger partial charge in [-0.1, -0.05) is 80.1 Å². The van der Waals surface area contributed by atoms with E-state index in [4.69, 9.17) is 4.55 Å². The van der Waals surface area contributed by atoms with Crippen LogP contribution < -0.4 is 4.98 Å². The molecular weight excluding hydrogens is 484 g/mol. The maximum atomic E-state index is 12.1. The molecule has 4 rings (SSSR count). The Bertz CT molecular complexity index is 1220. The maximum absolute atomic E-state index is 12.1. The molecule has 0 fully saturated rings. The highest BCUT2D eigenvalue weighted by molar-refractivity contribution is 7.88. The van der Waals surface area contributed by atoms with E-state index < -0.39 is 0 Å². The molecule has 37 heavy (non-hydrogen) atoms. The average Bonchev–Trinajstić information content (AvgIpc) is 3.32. The first kappa shape index (κ1) is 28.3. The molecule has 4 aromatic rings. The van der Waals surface area contributed by atoms with Gasteiger partial charge in [0, 0.05) is 41.2 Å². The molecular formula is C30H34N2O4S. The van der Waals surface area contributed by atoms with E-state index in [1.165, 1.54) is 42.1 Å². The highest BCUT2D eigenvalue weighted by atomic mass is 32.2. The van der Waals surface area contributed by atoms with E-state index in [0.717, 1.165) is 31.4 Å². The lowest BCUT2D eigenvalue weighted by atomic mass is 10.1. The molecule has 0 unspecified atom stereocenters. The number of H-pyrrole nitrogens is 1. The number of hydrogen-bond donors (Lipinski definition) is 0. The standard InChI is InChI=1S/C29H30N2O.CH4O3S/c32-27(19-18-24-12-11-20-30-23-24)16-7-2-1-3-10-21-31-28-17-9-8-15-26(28)22-29(31)25-13-5-4-6-14-25;1-3-4-5-2/h4-6,8-9,11-15,17-20,22-23H,1-3,7,10,16,21H2;2H,1H3/b19-18+;. The molecule has 0 atom stereocenters. The third kappa shape index (κ3) is 9.63. The van der Waals surface area contributed by atoms with Gasteiger partial charge >= 0.3 is 0 Å². The predicted molar refractivity (Wildman–Crippen MR) is 149 cm³/mol. The van der Waals surface area contributed by atoms with Crippen LogP contribution in [0.15, 0.2) is 91.3 Å². The van der Waals surface area contributed by atoms with E-state index >= 15 is 0 Å². The van der Waals surface area contributed by atoms with Gasteiger partial charge in [-0.15, -0.1) is 0 Å². The summed E-state index contributed by atoms with van der Waals surface area (Å²) in [5, 5.41) is 1.30. The lowest BCUT2D eigenvalue weighted by molar-refractivity contribution is -0.378. The predicted octanol–water partition coefficient (Wildman–Crippen LogP) is 7.09. The van der Waals surface area contributed by atoms with E-state index in [2.05, 4.69) is 79.4 Å². The zero-order valence-corrected chi connectivity index (χ0v) is 22.0. The second kappa shape index (κ2) is 16.5. The van der Waals surface area contributed by atoms with Crippen LogP contribution in [0.3, 0.4) is 0 Å². The first-order valence-electron chi connectivity index (χ1n) is 12.5. The minimum atomic E-state index is -0.0706. The number of nitrogens with one attached hydrogen (secondary N) is 1. The van der Waals surface area contributed by atoms with Crippen molar-refractivity contribution in [2.75, 3.05) is 7.11 Å². The number of fused-ring (bicyclic) bond motifs is 1. The quantitative estimate of drug-likeness (QED) is 0.0621. The molecule has 0 amide bonds. The molecule has 0 aliphatic heterocycles. The van der Waals surface area contributed by atoms with E-state index in [-0.39, 0.29) is 18.1 Å². The third-order valence-electron chi connectivity index (χ3n) is 5.97. The first-order valence-corrected chi connectivity index (χ1v) is 13.2. The lowest BCUT2D eigenvalue weighted by Crippen LogP contribution is -2.00. The van der Waals surface area contributed by atoms with Crippen LogP contribution >= 0.6 is 12.3 Å². The summed E-state index contributed by atoms with van der Waals surface area (Å²) in [5.41, 5.74) is 4.89. The fraction of sp³-hybridized carbons (Fsp3) is 0.267. The van der Waals surface area contributed by atoms with Gasteiger partial charge in [-0.2, -0.15) is 4.33 Å². The van der Waals surface area contributed by atoms with Crippen LogP contribution in [-0.2, 0) is 20.6 Å². The SMILES string of the molecule is COOS[O-].O=C(/C=C/c1ccc[nH+]c1)CCCCCCCn1c(-c2ccccc2)cc2ccccc21. The van der Waals surface area contributed by atoms with Crippen molar-refractivity contribution in [3.63, 3.8) is 0 Å². The molecule has 0 saturated carbocycles. The van der Waals surface area contributed by atoms with E-state index in [9.17, 15) is 4.79 Å². The van der Waals surface area contributed by atoms with Crippen LogP contribution in [0.4, 0.5) is 0 Å². The smallest absolute Gasteiger partial charge is 0.174 e. The number of para-hydroxylation sites is 1. The summed E-state index contributed by atoms with van der Waals surface area (Å²) in [6, 6.07) is 25.5. The fourth-order valence-electron chi connectivity index (χ4n) is 4.21. The normalized spacial score (nSPS) is 11.0. The van der Waals surface area contributed by atoms with Gasteiger partial charge in [-0.05, 0) is 48.8 Å². The van der Waals surface area contributed by atoms with Crippen molar-refractivity contribution in [3.8, 4) is 11.3 Å². The number of nitrogens with zero attached hydrogens (tertiary/aromatic N) is 1. The summed E-state index contributed by atoms with van der Waals surface area (Å²) >= 11 is -0.0706. The summed E-state index contributed by atoms with van der Waals surface area (Å²) < 4.78 is 15.3. The van der Waals surface area contributed by atoms with Crippen molar-refractivity contribution in [2.24, 2.45) is 0 Å². The third-order valence-corrected chi connectivity index (χ3v) is 6.17. The molecule has 2 aromatic carbocycles. The zero-order valence-electron chi connectivity index (χ0n) is 21.2. The van der Waals surface area contributed by atoms with E-state index in [0.29, 0.717) is 6.42 Å². The molecule has 0 bridgehead atoms. The molecule has 2 heterocycles. The average molecular weight is 519 g/mol. The Balaban J connectivity index is 0.000000695. The van der Waals surface area contributed by atoms with Gasteiger partial charge < -0.3 is 9.12 Å². The topological polar surface area (TPSA) is 77.7 Å². The highest BCUT2D eigenvalue weighted by Gasteiger charge is 2.10. The molecule has 0 aliphatic carbocycles. The second-order valence-corrected chi connectivity index (χ2v) is 8.84. The minimum absolute atomic E-state index is 0.0706. The number of unbranched alkanes of at least 4 members (excludes halogenated alkanes) is 4. The molecule has 194 valence electrons. The number of allylic oxidation sites excluding steroid dienone is 1. The molecule has 7 heteroatoms. The van der Waals surface area contributed by atoms with Crippen molar-refractivity contribution in [1.82, 2.24) is 4.57 Å². The Morgan fingerprint density at radius 1 is 0.973 bits per heavy atom. The van der Waals surface area contributed by atoms with Gasteiger partial charge in [-0.3, -0.25) is 4.79 Å². The molecule has 2 aromatic heterocycles. The molecule has 0 saturated heterocycles. The van der Waals surface area contributed by atoms with Crippen LogP contribution in [0.2, 0.25) is 0 Å². The van der Waals surface area contributed by atoms with Crippen LogP contribution in [0.1, 0.15) is 44.1 Å². The number of pyridine rings is 1. The van der Waals surface area contributed by atoms with Gasteiger partial charge in [0.2, 0.25) is 0 Å². The van der Waals surface area contributed by atoms with Gasteiger partial charge in [0.15, 0.2) is 18.2 Å². The zero-order chi connectivity index (χ0) is 26.1. The van der Waals surface area contributed by atoms with Crippen molar-refractivity contribution in [3.05, 3.63) is 96.8 Å². The fourth-order valence-corrected chi connectivity index (χ4v) is 4.27. The number of rotatable bonds is 13. The summed E-state index contributed by atoms with van der Waals surface area (Å²) in [6.07, 6.45) is 13.5. The van der Waals surface area contributed by atoms with Crippen LogP contribution in [0.25, 0.3) is 28.2 Å². The summed E-state index contributed by atoms with van der Waals surface area (Å²) in [6.45, 7) is 1.02. The first-order chi connectivity index (χ1) is 18.2. The summed E-state index contributed by atoms with van der Waals surface area (Å²) in [7, 11) is 1.27. The van der Waals surface area contributed by atoms with Crippen molar-refractivity contribution < 1.29 is 23.6 Å². The Morgan fingerprint density at radius 2 is 1.73 bits per heavy atom. The second-order valence-electron chi connectivity index (χ2n) is 8.56. The largest absolute Gasteiger partial charge is 0.774 e. The molecule has 0 aliphatic rings. The number of carbonyl (C=O) groups is 1. The number of carbonyl (C=O) groups excluding carboxylic acids is 1. The number of aromatic nitrogens is 2. The van der Waals surface area contributed by atoms with Crippen LogP contribution in [0, 0.1) is 0 Å². The van der Waals surface area contributed by atoms with E-state index in [1.807, 2.05) is 30.6 Å². The number of benzene rings is 2. The van der Waals surface area contributed by atoms with E-state index in [1.54, 1.807) is 6.08 Å². The van der Waals surface area contributed by atoms with Crippen molar-refractivity contribution in [1.29, 1.82) is 0 Å². The Morgan fingerprint density at radius 3 is 2.46 bits per heavy atom. The summed E-state index contributed by atoms with van der Waals surface area (Å²) in [4.78, 5) is 18.9. The summed E-state index contributed by atoms with van der Waals surface area (Å²) in [5.74, 6) is 0.208. The maximum Gasteiger partial charge on any atom is 0.174 e. The molecule has 6 nitrogen and oxygen atoms in total. The Hall–Kier alpha value is -3.23. The minimum Gasteiger partial charge on any atom is -0.774 e. The van der Waals surface area contributed by atoms with Crippen LogP contribution in [0.5, 0.6) is 0 Å². The monoisotopic (exact) mass is 518 g/mol. The highest BCUT2D eigenvalue weighted by Crippen LogP contribution is 2.28.